The summed E-state index contributed by atoms with van der Waals surface area (Å²) in [6, 6.07) is 0.714. The van der Waals surface area contributed by atoms with Crippen molar-refractivity contribution in [2.24, 2.45) is 11.8 Å². The Morgan fingerprint density at radius 1 is 1.46 bits per heavy atom. The lowest BCUT2D eigenvalue weighted by molar-refractivity contribution is 0.229. The fourth-order valence-electron chi connectivity index (χ4n) is 2.40. The highest BCUT2D eigenvalue weighted by molar-refractivity contribution is 4.83. The molecule has 0 saturated carbocycles. The second-order valence-corrected chi connectivity index (χ2v) is 4.48. The van der Waals surface area contributed by atoms with E-state index in [4.69, 9.17) is 5.11 Å². The zero-order chi connectivity index (χ0) is 9.68. The largest absolute Gasteiger partial charge is 0.396 e. The normalized spacial score (nSPS) is 25.4. The molecule has 1 aliphatic heterocycles. The topological polar surface area (TPSA) is 32.3 Å². The Labute approximate surface area is 81.7 Å². The molecular formula is C11H23NO. The van der Waals surface area contributed by atoms with Gasteiger partial charge in [0.1, 0.15) is 0 Å². The van der Waals surface area contributed by atoms with Crippen molar-refractivity contribution in [2.75, 3.05) is 13.2 Å². The zero-order valence-electron chi connectivity index (χ0n) is 8.92. The minimum absolute atomic E-state index is 0.343. The summed E-state index contributed by atoms with van der Waals surface area (Å²) in [5.41, 5.74) is 0. The summed E-state index contributed by atoms with van der Waals surface area (Å²) in [4.78, 5) is 0. The van der Waals surface area contributed by atoms with E-state index in [2.05, 4.69) is 19.2 Å². The molecule has 0 aromatic carbocycles. The standard InChI is InChI=1S/C11H23NO/c1-9(2)10(5-4-8-13)11-6-3-7-12-11/h9-13H,3-8H2,1-2H3. The maximum absolute atomic E-state index is 8.82. The van der Waals surface area contributed by atoms with Crippen LogP contribution in [0.3, 0.4) is 0 Å². The predicted octanol–water partition coefficient (Wildman–Crippen LogP) is 1.78. The first-order valence-corrected chi connectivity index (χ1v) is 5.60. The lowest BCUT2D eigenvalue weighted by atomic mass is 9.84. The van der Waals surface area contributed by atoms with Gasteiger partial charge in [-0.1, -0.05) is 13.8 Å². The second-order valence-electron chi connectivity index (χ2n) is 4.48. The third-order valence-corrected chi connectivity index (χ3v) is 3.17. The van der Waals surface area contributed by atoms with Crippen LogP contribution in [0.2, 0.25) is 0 Å². The van der Waals surface area contributed by atoms with Gasteiger partial charge in [-0.05, 0) is 44.1 Å². The molecule has 0 radical (unpaired) electrons. The Bertz CT molecular complexity index is 130. The number of nitrogens with one attached hydrogen (secondary N) is 1. The van der Waals surface area contributed by atoms with Gasteiger partial charge < -0.3 is 10.4 Å². The van der Waals surface area contributed by atoms with Crippen LogP contribution >= 0.6 is 0 Å². The maximum atomic E-state index is 8.82. The summed E-state index contributed by atoms with van der Waals surface area (Å²) in [5, 5.41) is 12.4. The van der Waals surface area contributed by atoms with Crippen molar-refractivity contribution >= 4 is 0 Å². The van der Waals surface area contributed by atoms with E-state index in [0.29, 0.717) is 12.6 Å². The van der Waals surface area contributed by atoms with Gasteiger partial charge >= 0.3 is 0 Å². The van der Waals surface area contributed by atoms with Gasteiger partial charge in [-0.25, -0.2) is 0 Å². The lowest BCUT2D eigenvalue weighted by Gasteiger charge is -2.27. The van der Waals surface area contributed by atoms with Crippen LogP contribution in [0.1, 0.15) is 39.5 Å². The predicted molar refractivity (Wildman–Crippen MR) is 55.7 cm³/mol. The Balaban J connectivity index is 2.36. The molecule has 13 heavy (non-hydrogen) atoms. The summed E-state index contributed by atoms with van der Waals surface area (Å²) < 4.78 is 0. The number of rotatable bonds is 5. The average Bonchev–Trinajstić information content (AvgIpc) is 2.57. The quantitative estimate of drug-likeness (QED) is 0.684. The third-order valence-electron chi connectivity index (χ3n) is 3.17. The van der Waals surface area contributed by atoms with Gasteiger partial charge in [0.05, 0.1) is 0 Å². The molecule has 2 nitrogen and oxygen atoms in total. The van der Waals surface area contributed by atoms with Crippen molar-refractivity contribution in [1.82, 2.24) is 5.32 Å². The molecule has 1 aliphatic rings. The van der Waals surface area contributed by atoms with Gasteiger partial charge in [-0.2, -0.15) is 0 Å². The fraction of sp³-hybridized carbons (Fsp3) is 1.00. The first kappa shape index (κ1) is 11.0. The summed E-state index contributed by atoms with van der Waals surface area (Å²) in [6.45, 7) is 6.12. The van der Waals surface area contributed by atoms with Crippen molar-refractivity contribution in [3.8, 4) is 0 Å². The molecule has 1 saturated heterocycles. The van der Waals surface area contributed by atoms with E-state index in [1.807, 2.05) is 0 Å². The molecule has 1 rings (SSSR count). The van der Waals surface area contributed by atoms with Crippen LogP contribution in [0.25, 0.3) is 0 Å². The molecule has 78 valence electrons. The minimum atomic E-state index is 0.343. The van der Waals surface area contributed by atoms with Crippen LogP contribution in [0, 0.1) is 11.8 Å². The van der Waals surface area contributed by atoms with E-state index < -0.39 is 0 Å². The van der Waals surface area contributed by atoms with Gasteiger partial charge in [-0.15, -0.1) is 0 Å². The molecule has 1 fully saturated rings. The molecule has 2 atom stereocenters. The van der Waals surface area contributed by atoms with E-state index in [0.717, 1.165) is 18.3 Å². The summed E-state index contributed by atoms with van der Waals surface area (Å²) >= 11 is 0. The number of hydrogen-bond acceptors (Lipinski definition) is 2. The Kier molecular flexibility index (Phi) is 4.74. The SMILES string of the molecule is CC(C)C(CCCO)C1CCCN1. The van der Waals surface area contributed by atoms with E-state index in [-0.39, 0.29) is 0 Å². The van der Waals surface area contributed by atoms with Crippen molar-refractivity contribution < 1.29 is 5.11 Å². The molecule has 0 aromatic heterocycles. The first-order valence-electron chi connectivity index (χ1n) is 5.60. The molecule has 0 bridgehead atoms. The molecule has 2 N–H and O–H groups in total. The summed E-state index contributed by atoms with van der Waals surface area (Å²) in [5.74, 6) is 1.50. The van der Waals surface area contributed by atoms with E-state index in [1.165, 1.54) is 25.8 Å². The van der Waals surface area contributed by atoms with Crippen LogP contribution in [0.4, 0.5) is 0 Å². The molecule has 0 amide bonds. The van der Waals surface area contributed by atoms with Gasteiger partial charge in [0, 0.05) is 12.6 Å². The van der Waals surface area contributed by atoms with Gasteiger partial charge in [0.2, 0.25) is 0 Å². The highest BCUT2D eigenvalue weighted by atomic mass is 16.2. The number of hydrogen-bond donors (Lipinski definition) is 2. The Hall–Kier alpha value is -0.0800. The lowest BCUT2D eigenvalue weighted by Crippen LogP contribution is -2.33. The van der Waals surface area contributed by atoms with Crippen molar-refractivity contribution in [1.29, 1.82) is 0 Å². The third kappa shape index (κ3) is 3.28. The maximum Gasteiger partial charge on any atom is 0.0431 e. The highest BCUT2D eigenvalue weighted by Crippen LogP contribution is 2.26. The molecule has 0 aliphatic carbocycles. The first-order chi connectivity index (χ1) is 6.25. The van der Waals surface area contributed by atoms with E-state index in [9.17, 15) is 0 Å². The number of aliphatic hydroxyl groups excluding tert-OH is 1. The van der Waals surface area contributed by atoms with Crippen LogP contribution in [-0.2, 0) is 0 Å². The van der Waals surface area contributed by atoms with Gasteiger partial charge in [0.15, 0.2) is 0 Å². The van der Waals surface area contributed by atoms with Crippen molar-refractivity contribution in [3.63, 3.8) is 0 Å². The summed E-state index contributed by atoms with van der Waals surface area (Å²) in [6.07, 6.45) is 4.79. The van der Waals surface area contributed by atoms with Crippen LogP contribution in [-0.4, -0.2) is 24.3 Å². The molecule has 1 heterocycles. The van der Waals surface area contributed by atoms with Crippen LogP contribution in [0.15, 0.2) is 0 Å². The van der Waals surface area contributed by atoms with E-state index >= 15 is 0 Å². The Morgan fingerprint density at radius 3 is 2.69 bits per heavy atom. The molecule has 0 spiro atoms. The molecule has 0 aromatic rings. The molecular weight excluding hydrogens is 162 g/mol. The zero-order valence-corrected chi connectivity index (χ0v) is 8.92. The second kappa shape index (κ2) is 5.61. The van der Waals surface area contributed by atoms with Gasteiger partial charge in [0.25, 0.3) is 0 Å². The molecule has 2 unspecified atom stereocenters. The van der Waals surface area contributed by atoms with Crippen molar-refractivity contribution in [3.05, 3.63) is 0 Å². The average molecular weight is 185 g/mol. The molecule has 2 heteroatoms. The van der Waals surface area contributed by atoms with Gasteiger partial charge in [-0.3, -0.25) is 0 Å². The smallest absolute Gasteiger partial charge is 0.0431 e. The summed E-state index contributed by atoms with van der Waals surface area (Å²) in [7, 11) is 0. The highest BCUT2D eigenvalue weighted by Gasteiger charge is 2.26. The monoisotopic (exact) mass is 185 g/mol. The fourth-order valence-corrected chi connectivity index (χ4v) is 2.40. The minimum Gasteiger partial charge on any atom is -0.396 e. The van der Waals surface area contributed by atoms with Crippen molar-refractivity contribution in [2.45, 2.75) is 45.6 Å². The number of aliphatic hydroxyl groups is 1. The Morgan fingerprint density at radius 2 is 2.23 bits per heavy atom. The van der Waals surface area contributed by atoms with E-state index in [1.54, 1.807) is 0 Å². The van der Waals surface area contributed by atoms with Crippen LogP contribution < -0.4 is 5.32 Å². The van der Waals surface area contributed by atoms with Crippen LogP contribution in [0.5, 0.6) is 0 Å².